The van der Waals surface area contributed by atoms with Gasteiger partial charge < -0.3 is 25.3 Å². The Bertz CT molecular complexity index is 942. The summed E-state index contributed by atoms with van der Waals surface area (Å²) in [5.41, 5.74) is -1.23. The quantitative estimate of drug-likeness (QED) is 0.266. The van der Waals surface area contributed by atoms with Crippen molar-refractivity contribution in [3.05, 3.63) is 0 Å². The van der Waals surface area contributed by atoms with Crippen molar-refractivity contribution < 1.29 is 20.4 Å². The van der Waals surface area contributed by atoms with Crippen LogP contribution in [0.2, 0.25) is 0 Å². The zero-order valence-electron chi connectivity index (χ0n) is 29.2. The van der Waals surface area contributed by atoms with Crippen LogP contribution in [0.25, 0.3) is 0 Å². The van der Waals surface area contributed by atoms with Gasteiger partial charge in [0.1, 0.15) is 0 Å². The van der Waals surface area contributed by atoms with Gasteiger partial charge in [0.2, 0.25) is 0 Å². The highest BCUT2D eigenvalue weighted by molar-refractivity contribution is 5.14. The van der Waals surface area contributed by atoms with Gasteiger partial charge in [-0.25, -0.2) is 0 Å². The van der Waals surface area contributed by atoms with Gasteiger partial charge in [-0.05, 0) is 150 Å². The van der Waals surface area contributed by atoms with Crippen LogP contribution in [0.3, 0.4) is 0 Å². The predicted molar refractivity (Wildman–Crippen MR) is 178 cm³/mol. The summed E-state index contributed by atoms with van der Waals surface area (Å²) in [6, 6.07) is 0.718. The number of aliphatic hydroxyl groups is 4. The highest BCUT2D eigenvalue weighted by Crippen LogP contribution is 2.63. The number of hydrogen-bond donors (Lipinski definition) is 4. The molecule has 0 aliphatic heterocycles. The van der Waals surface area contributed by atoms with E-state index in [0.29, 0.717) is 29.6 Å². The summed E-state index contributed by atoms with van der Waals surface area (Å²) in [7, 11) is 4.50. The Morgan fingerprint density at radius 2 is 1.45 bits per heavy atom. The molecule has 0 saturated heterocycles. The molecule has 0 aromatic carbocycles. The average Bonchev–Trinajstić information content (AvgIpc) is 2.99. The van der Waals surface area contributed by atoms with Crippen LogP contribution in [0.5, 0.6) is 0 Å². The monoisotopic (exact) mass is 616 g/mol. The van der Waals surface area contributed by atoms with Crippen LogP contribution < -0.4 is 0 Å². The van der Waals surface area contributed by atoms with E-state index >= 15 is 0 Å². The Kier molecular flexibility index (Phi) is 10.2. The van der Waals surface area contributed by atoms with E-state index in [1.807, 2.05) is 0 Å². The van der Waals surface area contributed by atoms with Crippen LogP contribution in [0.1, 0.15) is 124 Å². The van der Waals surface area contributed by atoms with Crippen molar-refractivity contribution >= 4 is 0 Å². The molecule has 0 amide bonds. The van der Waals surface area contributed by atoms with Crippen LogP contribution in [0.15, 0.2) is 0 Å². The van der Waals surface area contributed by atoms with E-state index in [1.165, 1.54) is 83.5 Å². The highest BCUT2D eigenvalue weighted by atomic mass is 16.3. The smallest absolute Gasteiger partial charge is 0.0966 e. The molecule has 0 aromatic rings. The van der Waals surface area contributed by atoms with Crippen LogP contribution in [0, 0.1) is 76.9 Å². The van der Waals surface area contributed by atoms with Crippen molar-refractivity contribution in [3.63, 3.8) is 0 Å². The fourth-order valence-corrected chi connectivity index (χ4v) is 13.5. The van der Waals surface area contributed by atoms with Gasteiger partial charge in [-0.15, -0.1) is 0 Å². The molecule has 6 saturated carbocycles. The number of nitrogens with zero attached hydrogens (tertiary/aromatic N) is 1. The second-order valence-corrected chi connectivity index (χ2v) is 18.0. The van der Waals surface area contributed by atoms with Crippen LogP contribution in [-0.2, 0) is 0 Å². The lowest BCUT2D eigenvalue weighted by Gasteiger charge is -2.65. The third-order valence-electron chi connectivity index (χ3n) is 15.9. The van der Waals surface area contributed by atoms with Gasteiger partial charge in [-0.1, -0.05) is 59.3 Å². The van der Waals surface area contributed by atoms with E-state index in [9.17, 15) is 20.4 Å². The van der Waals surface area contributed by atoms with Crippen LogP contribution >= 0.6 is 0 Å². The third-order valence-corrected chi connectivity index (χ3v) is 15.9. The number of fused-ring (bicyclic) bond motifs is 3. The maximum Gasteiger partial charge on any atom is 0.0966 e. The SMILES string of the molecule is CC(O)C1C(C)CC2CC3CC4C(C5CCC(N(C)C)CC5)CC(CCC5CCCCC5)C(C)C4C(O)C3C(C)C2(O)C1O. The summed E-state index contributed by atoms with van der Waals surface area (Å²) in [4.78, 5) is 2.44. The van der Waals surface area contributed by atoms with E-state index in [0.717, 1.165) is 36.6 Å². The van der Waals surface area contributed by atoms with Crippen molar-refractivity contribution in [2.75, 3.05) is 14.1 Å². The molecule has 15 atom stereocenters. The molecule has 0 heterocycles. The van der Waals surface area contributed by atoms with E-state index in [4.69, 9.17) is 0 Å². The lowest BCUT2D eigenvalue weighted by atomic mass is 9.43. The molecule has 0 aromatic heterocycles. The predicted octanol–water partition coefficient (Wildman–Crippen LogP) is 6.75. The van der Waals surface area contributed by atoms with Gasteiger partial charge >= 0.3 is 0 Å². The minimum atomic E-state index is -1.23. The molecule has 6 rings (SSSR count). The summed E-state index contributed by atoms with van der Waals surface area (Å²) >= 11 is 0. The van der Waals surface area contributed by atoms with E-state index < -0.39 is 23.9 Å². The number of hydrogen-bond acceptors (Lipinski definition) is 5. The third kappa shape index (κ3) is 5.88. The molecule has 4 N–H and O–H groups in total. The zero-order valence-corrected chi connectivity index (χ0v) is 29.2. The van der Waals surface area contributed by atoms with Gasteiger partial charge in [0.05, 0.1) is 23.9 Å². The first-order chi connectivity index (χ1) is 20.9. The van der Waals surface area contributed by atoms with Crippen molar-refractivity contribution in [1.29, 1.82) is 0 Å². The Morgan fingerprint density at radius 3 is 2.09 bits per heavy atom. The van der Waals surface area contributed by atoms with Crippen molar-refractivity contribution in [3.8, 4) is 0 Å². The van der Waals surface area contributed by atoms with Gasteiger partial charge in [-0.3, -0.25) is 0 Å². The molecule has 254 valence electrons. The Morgan fingerprint density at radius 1 is 0.773 bits per heavy atom. The Hall–Kier alpha value is -0.200. The molecular formula is C39H69NO4. The van der Waals surface area contributed by atoms with Crippen molar-refractivity contribution in [2.24, 2.45) is 76.9 Å². The first-order valence-corrected chi connectivity index (χ1v) is 19.4. The van der Waals surface area contributed by atoms with E-state index in [2.05, 4.69) is 39.8 Å². The number of rotatable bonds is 6. The first kappa shape index (κ1) is 33.7. The van der Waals surface area contributed by atoms with E-state index in [-0.39, 0.29) is 29.6 Å². The molecule has 6 fully saturated rings. The first-order valence-electron chi connectivity index (χ1n) is 19.4. The Balaban J connectivity index is 1.27. The molecule has 6 aliphatic rings. The van der Waals surface area contributed by atoms with Gasteiger partial charge in [0.15, 0.2) is 0 Å². The van der Waals surface area contributed by atoms with Crippen LogP contribution in [-0.4, -0.2) is 69.4 Å². The summed E-state index contributed by atoms with van der Waals surface area (Å²) < 4.78 is 0. The van der Waals surface area contributed by atoms with E-state index in [1.54, 1.807) is 6.92 Å². The topological polar surface area (TPSA) is 84.2 Å². The minimum Gasteiger partial charge on any atom is -0.393 e. The summed E-state index contributed by atoms with van der Waals surface area (Å²) in [5, 5.41) is 47.3. The fraction of sp³-hybridized carbons (Fsp3) is 1.00. The van der Waals surface area contributed by atoms with Crippen molar-refractivity contribution in [2.45, 2.75) is 154 Å². The fourth-order valence-electron chi connectivity index (χ4n) is 13.5. The lowest BCUT2D eigenvalue weighted by molar-refractivity contribution is -0.269. The normalized spacial score (nSPS) is 52.6. The maximum absolute atomic E-state index is 12.6. The molecule has 5 heteroatoms. The molecule has 0 bridgehead atoms. The second kappa shape index (κ2) is 13.4. The zero-order chi connectivity index (χ0) is 31.5. The van der Waals surface area contributed by atoms with Gasteiger partial charge in [0.25, 0.3) is 0 Å². The molecule has 6 aliphatic carbocycles. The molecular weight excluding hydrogens is 546 g/mol. The average molecular weight is 616 g/mol. The standard InChI is InChI=1S/C39H69NO4/c1-22-18-30-19-29-21-33-32(27-14-16-31(17-15-27)40(5)6)20-28(13-12-26-10-8-7-9-11-26)23(2)35(33)37(42)36(29)24(3)39(30,44)38(43)34(22)25(4)41/h22-38,41-44H,7-21H2,1-6H3. The maximum atomic E-state index is 12.6. The molecule has 0 radical (unpaired) electrons. The largest absolute Gasteiger partial charge is 0.393 e. The summed E-state index contributed by atoms with van der Waals surface area (Å²) in [5.74, 6) is 4.68. The second-order valence-electron chi connectivity index (χ2n) is 18.0. The summed E-state index contributed by atoms with van der Waals surface area (Å²) in [6.07, 6.45) is 17.4. The van der Waals surface area contributed by atoms with Crippen molar-refractivity contribution in [1.82, 2.24) is 4.90 Å². The minimum absolute atomic E-state index is 0.0277. The molecule has 0 spiro atoms. The number of aliphatic hydroxyl groups excluding tert-OH is 3. The highest BCUT2D eigenvalue weighted by Gasteiger charge is 2.65. The molecule has 5 nitrogen and oxygen atoms in total. The van der Waals surface area contributed by atoms with Crippen LogP contribution in [0.4, 0.5) is 0 Å². The van der Waals surface area contributed by atoms with Gasteiger partial charge in [-0.2, -0.15) is 0 Å². The molecule has 44 heavy (non-hydrogen) atoms. The lowest BCUT2D eigenvalue weighted by Crippen LogP contribution is -2.70. The van der Waals surface area contributed by atoms with Gasteiger partial charge in [0, 0.05) is 12.0 Å². The molecule has 15 unspecified atom stereocenters. The Labute approximate surface area is 270 Å². The summed E-state index contributed by atoms with van der Waals surface area (Å²) in [6.45, 7) is 8.55.